The lowest BCUT2D eigenvalue weighted by molar-refractivity contribution is -0.138. The molecular formula is C14H18N4O3. The molecule has 0 aliphatic rings. The number of nitrogens with zero attached hydrogens (tertiary/aromatic N) is 3. The molecule has 2 aromatic heterocycles. The van der Waals surface area contributed by atoms with Gasteiger partial charge >= 0.3 is 11.7 Å². The lowest BCUT2D eigenvalue weighted by Gasteiger charge is -2.17. The van der Waals surface area contributed by atoms with Crippen molar-refractivity contribution >= 4 is 5.97 Å². The molecule has 0 fully saturated rings. The molecule has 0 radical (unpaired) electrons. The highest BCUT2D eigenvalue weighted by Crippen LogP contribution is 2.21. The van der Waals surface area contributed by atoms with Crippen molar-refractivity contribution in [2.45, 2.75) is 39.7 Å². The van der Waals surface area contributed by atoms with Crippen LogP contribution in [0.15, 0.2) is 17.2 Å². The van der Waals surface area contributed by atoms with Crippen LogP contribution < -0.4 is 5.69 Å². The number of nitrogens with one attached hydrogen (secondary N) is 1. The van der Waals surface area contributed by atoms with Crippen LogP contribution >= 0.6 is 0 Å². The van der Waals surface area contributed by atoms with E-state index in [2.05, 4.69) is 15.0 Å². The maximum atomic E-state index is 12.0. The van der Waals surface area contributed by atoms with Gasteiger partial charge in [-0.15, -0.1) is 0 Å². The number of imidazole rings is 1. The summed E-state index contributed by atoms with van der Waals surface area (Å²) in [5, 5.41) is 9.19. The summed E-state index contributed by atoms with van der Waals surface area (Å²) in [5.41, 5.74) is 1.36. The topological polar surface area (TPSA) is 101 Å². The summed E-state index contributed by atoms with van der Waals surface area (Å²) in [6.07, 6.45) is 3.92. The van der Waals surface area contributed by atoms with Gasteiger partial charge in [0.25, 0.3) is 0 Å². The lowest BCUT2D eigenvalue weighted by Crippen LogP contribution is -2.30. The number of rotatable bonds is 5. The molecule has 0 aliphatic heterocycles. The average Bonchev–Trinajstić information content (AvgIpc) is 2.90. The van der Waals surface area contributed by atoms with E-state index in [1.54, 1.807) is 33.2 Å². The molecule has 0 aliphatic carbocycles. The highest BCUT2D eigenvalue weighted by Gasteiger charge is 2.22. The van der Waals surface area contributed by atoms with Gasteiger partial charge in [0.1, 0.15) is 5.82 Å². The van der Waals surface area contributed by atoms with Crippen molar-refractivity contribution in [3.05, 3.63) is 45.7 Å². The predicted octanol–water partition coefficient (Wildman–Crippen LogP) is 1.01. The van der Waals surface area contributed by atoms with E-state index in [0.717, 1.165) is 5.82 Å². The number of aliphatic carboxylic acids is 1. The Morgan fingerprint density at radius 2 is 2.19 bits per heavy atom. The molecule has 1 atom stereocenters. The third-order valence-corrected chi connectivity index (χ3v) is 3.61. The first-order valence-electron chi connectivity index (χ1n) is 6.70. The van der Waals surface area contributed by atoms with Crippen LogP contribution in [0.1, 0.15) is 35.6 Å². The number of aryl methyl sites for hydroxylation is 2. The molecule has 0 amide bonds. The number of aromatic amines is 1. The zero-order chi connectivity index (χ0) is 15.6. The van der Waals surface area contributed by atoms with Crippen LogP contribution in [-0.4, -0.2) is 30.6 Å². The molecule has 112 valence electrons. The number of aromatic nitrogens is 4. The molecule has 7 heteroatoms. The van der Waals surface area contributed by atoms with Crippen molar-refractivity contribution in [1.82, 2.24) is 19.5 Å². The predicted molar refractivity (Wildman–Crippen MR) is 76.3 cm³/mol. The Balaban J connectivity index is 2.39. The third-order valence-electron chi connectivity index (χ3n) is 3.61. The van der Waals surface area contributed by atoms with Crippen molar-refractivity contribution in [2.24, 2.45) is 0 Å². The van der Waals surface area contributed by atoms with Crippen LogP contribution in [-0.2, 0) is 17.8 Å². The van der Waals surface area contributed by atoms with Gasteiger partial charge in [0.15, 0.2) is 0 Å². The van der Waals surface area contributed by atoms with Gasteiger partial charge in [-0.25, -0.2) is 9.78 Å². The summed E-state index contributed by atoms with van der Waals surface area (Å²) < 4.78 is 1.50. The van der Waals surface area contributed by atoms with Gasteiger partial charge in [0, 0.05) is 42.3 Å². The Labute approximate surface area is 121 Å². The van der Waals surface area contributed by atoms with Crippen LogP contribution in [0.3, 0.4) is 0 Å². The van der Waals surface area contributed by atoms with Crippen molar-refractivity contribution in [3.8, 4) is 0 Å². The number of hydrogen-bond donors (Lipinski definition) is 2. The van der Waals surface area contributed by atoms with E-state index in [1.807, 2.05) is 0 Å². The standard InChI is InChI=1S/C14H18N4O3/c1-8(13(19)20)12-9(2)17-14(21)18(10(12)3)7-4-11-15-5-6-16-11/h5-6,8H,4,7H2,1-3H3,(H,15,16)(H,19,20). The summed E-state index contributed by atoms with van der Waals surface area (Å²) in [6, 6.07) is 0. The second-order valence-corrected chi connectivity index (χ2v) is 4.98. The van der Waals surface area contributed by atoms with Gasteiger partial charge in [-0.2, -0.15) is 4.98 Å². The van der Waals surface area contributed by atoms with Crippen molar-refractivity contribution in [3.63, 3.8) is 0 Å². The van der Waals surface area contributed by atoms with Crippen molar-refractivity contribution < 1.29 is 9.90 Å². The Morgan fingerprint density at radius 1 is 1.48 bits per heavy atom. The third kappa shape index (κ3) is 3.01. The minimum absolute atomic E-state index is 0.363. The summed E-state index contributed by atoms with van der Waals surface area (Å²) in [6.45, 7) is 5.43. The molecule has 0 spiro atoms. The van der Waals surface area contributed by atoms with Gasteiger partial charge in [-0.05, 0) is 20.8 Å². The van der Waals surface area contributed by atoms with Crippen LogP contribution in [0, 0.1) is 13.8 Å². The smallest absolute Gasteiger partial charge is 0.347 e. The minimum Gasteiger partial charge on any atom is -0.481 e. The first kappa shape index (κ1) is 15.0. The fourth-order valence-corrected chi connectivity index (χ4v) is 2.48. The van der Waals surface area contributed by atoms with Gasteiger partial charge < -0.3 is 10.1 Å². The SMILES string of the molecule is Cc1nc(=O)n(CCc2ncc[nH]2)c(C)c1C(C)C(=O)O. The highest BCUT2D eigenvalue weighted by atomic mass is 16.4. The Kier molecular flexibility index (Phi) is 4.21. The number of carboxylic acid groups (broad SMARTS) is 1. The zero-order valence-corrected chi connectivity index (χ0v) is 12.3. The summed E-state index contributed by atoms with van der Waals surface area (Å²) in [5.74, 6) is -0.859. The summed E-state index contributed by atoms with van der Waals surface area (Å²) in [4.78, 5) is 34.3. The van der Waals surface area contributed by atoms with E-state index in [0.29, 0.717) is 29.9 Å². The maximum Gasteiger partial charge on any atom is 0.347 e. The monoisotopic (exact) mass is 290 g/mol. The van der Waals surface area contributed by atoms with E-state index >= 15 is 0 Å². The molecular weight excluding hydrogens is 272 g/mol. The summed E-state index contributed by atoms with van der Waals surface area (Å²) >= 11 is 0. The molecule has 2 aromatic rings. The van der Waals surface area contributed by atoms with Gasteiger partial charge in [0.05, 0.1) is 5.92 Å². The first-order chi connectivity index (χ1) is 9.91. The van der Waals surface area contributed by atoms with Gasteiger partial charge in [0.2, 0.25) is 0 Å². The largest absolute Gasteiger partial charge is 0.481 e. The number of carboxylic acids is 1. The fourth-order valence-electron chi connectivity index (χ4n) is 2.48. The molecule has 0 saturated heterocycles. The second kappa shape index (κ2) is 5.90. The number of hydrogen-bond acceptors (Lipinski definition) is 4. The Hall–Kier alpha value is -2.44. The van der Waals surface area contributed by atoms with Crippen LogP contribution in [0.5, 0.6) is 0 Å². The molecule has 21 heavy (non-hydrogen) atoms. The normalized spacial score (nSPS) is 12.3. The minimum atomic E-state index is -0.931. The van der Waals surface area contributed by atoms with E-state index in [4.69, 9.17) is 0 Å². The molecule has 1 unspecified atom stereocenters. The molecule has 0 aromatic carbocycles. The summed E-state index contributed by atoms with van der Waals surface area (Å²) in [7, 11) is 0. The molecule has 2 heterocycles. The Morgan fingerprint density at radius 3 is 2.76 bits per heavy atom. The average molecular weight is 290 g/mol. The zero-order valence-electron chi connectivity index (χ0n) is 12.3. The quantitative estimate of drug-likeness (QED) is 0.856. The highest BCUT2D eigenvalue weighted by molar-refractivity contribution is 5.76. The van der Waals surface area contributed by atoms with E-state index in [1.165, 1.54) is 4.57 Å². The van der Waals surface area contributed by atoms with Crippen molar-refractivity contribution in [1.29, 1.82) is 0 Å². The van der Waals surface area contributed by atoms with Gasteiger partial charge in [-0.3, -0.25) is 9.36 Å². The van der Waals surface area contributed by atoms with E-state index in [9.17, 15) is 14.7 Å². The number of H-pyrrole nitrogens is 1. The van der Waals surface area contributed by atoms with Crippen LogP contribution in [0.25, 0.3) is 0 Å². The molecule has 0 bridgehead atoms. The second-order valence-electron chi connectivity index (χ2n) is 4.98. The first-order valence-corrected chi connectivity index (χ1v) is 6.70. The molecule has 0 saturated carbocycles. The van der Waals surface area contributed by atoms with Crippen LogP contribution in [0.2, 0.25) is 0 Å². The number of carbonyl (C=O) groups is 1. The van der Waals surface area contributed by atoms with Crippen LogP contribution in [0.4, 0.5) is 0 Å². The van der Waals surface area contributed by atoms with Crippen molar-refractivity contribution in [2.75, 3.05) is 0 Å². The Bertz CT molecular complexity index is 704. The van der Waals surface area contributed by atoms with E-state index < -0.39 is 11.9 Å². The van der Waals surface area contributed by atoms with E-state index in [-0.39, 0.29) is 5.69 Å². The van der Waals surface area contributed by atoms with Gasteiger partial charge in [-0.1, -0.05) is 0 Å². The fraction of sp³-hybridized carbons (Fsp3) is 0.429. The maximum absolute atomic E-state index is 12.0. The molecule has 2 rings (SSSR count). The molecule has 2 N–H and O–H groups in total. The lowest BCUT2D eigenvalue weighted by atomic mass is 9.98. The molecule has 7 nitrogen and oxygen atoms in total.